The van der Waals surface area contributed by atoms with Crippen LogP contribution in [0, 0.1) is 0 Å². The van der Waals surface area contributed by atoms with Crippen molar-refractivity contribution in [3.63, 3.8) is 0 Å². The molecule has 1 aromatic heterocycles. The molecule has 0 aromatic carbocycles. The van der Waals surface area contributed by atoms with E-state index in [4.69, 9.17) is 15.2 Å². The van der Waals surface area contributed by atoms with Gasteiger partial charge < -0.3 is 20.1 Å². The average Bonchev–Trinajstić information content (AvgIpc) is 2.94. The molecular weight excluding hydrogens is 290 g/mol. The third-order valence-corrected chi connectivity index (χ3v) is 3.74. The summed E-state index contributed by atoms with van der Waals surface area (Å²) in [5.74, 6) is -0.0751. The predicted octanol–water partition coefficient (Wildman–Crippen LogP) is 1.16. The lowest BCUT2D eigenvalue weighted by Gasteiger charge is -2.21. The highest BCUT2D eigenvalue weighted by atomic mass is 32.1. The molecule has 6 nitrogen and oxygen atoms in total. The Morgan fingerprint density at radius 3 is 2.43 bits per heavy atom. The van der Waals surface area contributed by atoms with Crippen LogP contribution in [0.4, 0.5) is 0 Å². The van der Waals surface area contributed by atoms with Gasteiger partial charge in [-0.3, -0.25) is 4.79 Å². The molecule has 0 aliphatic rings. The van der Waals surface area contributed by atoms with E-state index in [1.165, 1.54) is 11.3 Å². The van der Waals surface area contributed by atoms with Gasteiger partial charge in [0.2, 0.25) is 0 Å². The van der Waals surface area contributed by atoms with Crippen LogP contribution in [0.2, 0.25) is 0 Å². The van der Waals surface area contributed by atoms with E-state index in [0.717, 1.165) is 5.01 Å². The SMILES string of the molecule is CCOCCN(CCOCC)C(=O)c1csc(CCN)n1. The Balaban J connectivity index is 2.62. The molecule has 0 saturated heterocycles. The molecule has 0 fully saturated rings. The number of thiazole rings is 1. The lowest BCUT2D eigenvalue weighted by Crippen LogP contribution is -2.37. The number of ether oxygens (including phenoxy) is 2. The minimum Gasteiger partial charge on any atom is -0.380 e. The van der Waals surface area contributed by atoms with Crippen LogP contribution in [0.25, 0.3) is 0 Å². The molecule has 0 atom stereocenters. The van der Waals surface area contributed by atoms with Crippen LogP contribution in [0.5, 0.6) is 0 Å². The Bertz CT molecular complexity index is 402. The first-order valence-electron chi connectivity index (χ1n) is 7.32. The monoisotopic (exact) mass is 315 g/mol. The maximum Gasteiger partial charge on any atom is 0.273 e. The summed E-state index contributed by atoms with van der Waals surface area (Å²) < 4.78 is 10.7. The van der Waals surface area contributed by atoms with E-state index in [0.29, 0.717) is 58.2 Å². The van der Waals surface area contributed by atoms with Gasteiger partial charge in [-0.05, 0) is 20.4 Å². The van der Waals surface area contributed by atoms with Crippen molar-refractivity contribution < 1.29 is 14.3 Å². The van der Waals surface area contributed by atoms with Crippen molar-refractivity contribution in [2.45, 2.75) is 20.3 Å². The molecule has 0 aliphatic heterocycles. The lowest BCUT2D eigenvalue weighted by molar-refractivity contribution is 0.0546. The summed E-state index contributed by atoms with van der Waals surface area (Å²) in [5.41, 5.74) is 5.99. The standard InChI is InChI=1S/C14H25N3O3S/c1-3-19-9-7-17(8-10-20-4-2)14(18)12-11-21-13(16-12)5-6-15/h11H,3-10,15H2,1-2H3. The quantitative estimate of drug-likeness (QED) is 0.620. The van der Waals surface area contributed by atoms with E-state index in [1.54, 1.807) is 10.3 Å². The Morgan fingerprint density at radius 1 is 1.29 bits per heavy atom. The first-order chi connectivity index (χ1) is 10.2. The number of nitrogens with two attached hydrogens (primary N) is 1. The summed E-state index contributed by atoms with van der Waals surface area (Å²) in [7, 11) is 0. The molecule has 1 rings (SSSR count). The van der Waals surface area contributed by atoms with Crippen LogP contribution in [-0.4, -0.2) is 61.9 Å². The molecule has 1 amide bonds. The van der Waals surface area contributed by atoms with E-state index in [-0.39, 0.29) is 5.91 Å². The molecule has 7 heteroatoms. The number of carbonyl (C=O) groups excluding carboxylic acids is 1. The number of rotatable bonds is 11. The van der Waals surface area contributed by atoms with E-state index < -0.39 is 0 Å². The van der Waals surface area contributed by atoms with Gasteiger partial charge in [0.1, 0.15) is 5.69 Å². The topological polar surface area (TPSA) is 77.7 Å². The fraction of sp³-hybridized carbons (Fsp3) is 0.714. The van der Waals surface area contributed by atoms with Gasteiger partial charge in [0.15, 0.2) is 0 Å². The molecule has 0 radical (unpaired) electrons. The third kappa shape index (κ3) is 6.52. The van der Waals surface area contributed by atoms with Crippen LogP contribution in [0.1, 0.15) is 29.3 Å². The van der Waals surface area contributed by atoms with Gasteiger partial charge in [-0.25, -0.2) is 4.98 Å². The van der Waals surface area contributed by atoms with Gasteiger partial charge in [-0.2, -0.15) is 0 Å². The summed E-state index contributed by atoms with van der Waals surface area (Å²) >= 11 is 1.48. The van der Waals surface area contributed by atoms with Crippen molar-refractivity contribution in [3.05, 3.63) is 16.1 Å². The van der Waals surface area contributed by atoms with Crippen molar-refractivity contribution in [2.24, 2.45) is 5.73 Å². The normalized spacial score (nSPS) is 10.8. The highest BCUT2D eigenvalue weighted by Crippen LogP contribution is 2.12. The molecular formula is C14H25N3O3S. The highest BCUT2D eigenvalue weighted by molar-refractivity contribution is 7.09. The zero-order valence-electron chi connectivity index (χ0n) is 12.8. The Hall–Kier alpha value is -1.02. The zero-order valence-corrected chi connectivity index (χ0v) is 13.7. The number of nitrogens with zero attached hydrogens (tertiary/aromatic N) is 2. The smallest absolute Gasteiger partial charge is 0.273 e. The van der Waals surface area contributed by atoms with Crippen molar-refractivity contribution in [1.29, 1.82) is 0 Å². The molecule has 0 saturated carbocycles. The maximum atomic E-state index is 12.5. The van der Waals surface area contributed by atoms with Crippen LogP contribution in [0.3, 0.4) is 0 Å². The predicted molar refractivity (Wildman–Crippen MR) is 83.8 cm³/mol. The second-order valence-corrected chi connectivity index (χ2v) is 5.29. The zero-order chi connectivity index (χ0) is 15.5. The van der Waals surface area contributed by atoms with E-state index in [2.05, 4.69) is 4.98 Å². The Kier molecular flexibility index (Phi) is 9.16. The van der Waals surface area contributed by atoms with Gasteiger partial charge in [0, 0.05) is 38.1 Å². The summed E-state index contributed by atoms with van der Waals surface area (Å²) in [6.07, 6.45) is 0.704. The highest BCUT2D eigenvalue weighted by Gasteiger charge is 2.18. The maximum absolute atomic E-state index is 12.5. The van der Waals surface area contributed by atoms with Gasteiger partial charge in [0.25, 0.3) is 5.91 Å². The fourth-order valence-electron chi connectivity index (χ4n) is 1.76. The van der Waals surface area contributed by atoms with E-state index in [9.17, 15) is 4.79 Å². The van der Waals surface area contributed by atoms with Crippen molar-refractivity contribution in [1.82, 2.24) is 9.88 Å². The first-order valence-corrected chi connectivity index (χ1v) is 8.20. The van der Waals surface area contributed by atoms with Crippen LogP contribution in [-0.2, 0) is 15.9 Å². The lowest BCUT2D eigenvalue weighted by atomic mass is 10.3. The van der Waals surface area contributed by atoms with Crippen molar-refractivity contribution >= 4 is 17.2 Å². The molecule has 0 unspecified atom stereocenters. The number of carbonyl (C=O) groups is 1. The minimum atomic E-state index is -0.0751. The summed E-state index contributed by atoms with van der Waals surface area (Å²) in [6.45, 7) is 7.84. The molecule has 21 heavy (non-hydrogen) atoms. The minimum absolute atomic E-state index is 0.0751. The van der Waals surface area contributed by atoms with E-state index >= 15 is 0 Å². The van der Waals surface area contributed by atoms with Crippen molar-refractivity contribution in [3.8, 4) is 0 Å². The third-order valence-electron chi connectivity index (χ3n) is 2.84. The van der Waals surface area contributed by atoms with Gasteiger partial charge in [-0.15, -0.1) is 11.3 Å². The first kappa shape index (κ1) is 18.0. The number of hydrogen-bond donors (Lipinski definition) is 1. The fourth-order valence-corrected chi connectivity index (χ4v) is 2.55. The average molecular weight is 315 g/mol. The second-order valence-electron chi connectivity index (χ2n) is 4.35. The van der Waals surface area contributed by atoms with Crippen molar-refractivity contribution in [2.75, 3.05) is 46.1 Å². The van der Waals surface area contributed by atoms with Gasteiger partial charge >= 0.3 is 0 Å². The molecule has 120 valence electrons. The Morgan fingerprint density at radius 2 is 1.90 bits per heavy atom. The molecule has 0 aliphatic carbocycles. The number of hydrogen-bond acceptors (Lipinski definition) is 6. The summed E-state index contributed by atoms with van der Waals surface area (Å²) in [6, 6.07) is 0. The van der Waals surface area contributed by atoms with E-state index in [1.807, 2.05) is 13.8 Å². The van der Waals surface area contributed by atoms with Crippen LogP contribution >= 0.6 is 11.3 Å². The summed E-state index contributed by atoms with van der Waals surface area (Å²) in [5, 5.41) is 2.69. The largest absolute Gasteiger partial charge is 0.380 e. The molecule has 0 spiro atoms. The molecule has 2 N–H and O–H groups in total. The van der Waals surface area contributed by atoms with Gasteiger partial charge in [0.05, 0.1) is 18.2 Å². The number of aromatic nitrogens is 1. The number of amides is 1. The molecule has 0 bridgehead atoms. The van der Waals surface area contributed by atoms with Crippen LogP contribution in [0.15, 0.2) is 5.38 Å². The molecule has 1 heterocycles. The summed E-state index contributed by atoms with van der Waals surface area (Å²) in [4.78, 5) is 18.6. The molecule has 1 aromatic rings. The van der Waals surface area contributed by atoms with Crippen LogP contribution < -0.4 is 5.73 Å². The Labute approximate surface area is 130 Å². The second kappa shape index (κ2) is 10.7. The van der Waals surface area contributed by atoms with Gasteiger partial charge in [-0.1, -0.05) is 0 Å².